The molecule has 1 N–H and O–H groups in total. The van der Waals surface area contributed by atoms with Crippen LogP contribution in [0.4, 0.5) is 0 Å². The van der Waals surface area contributed by atoms with Gasteiger partial charge in [-0.2, -0.15) is 0 Å². The van der Waals surface area contributed by atoms with E-state index < -0.39 is 0 Å². The SMILES string of the molecule is CCCOCCC(NC)C(=O)OCC. The van der Waals surface area contributed by atoms with Crippen LogP contribution in [0, 0.1) is 0 Å². The summed E-state index contributed by atoms with van der Waals surface area (Å²) in [7, 11) is 1.75. The number of rotatable bonds is 8. The summed E-state index contributed by atoms with van der Waals surface area (Å²) in [6.07, 6.45) is 1.67. The van der Waals surface area contributed by atoms with Gasteiger partial charge in [-0.25, -0.2) is 0 Å². The van der Waals surface area contributed by atoms with Crippen LogP contribution in [-0.4, -0.2) is 38.9 Å². The molecule has 0 bridgehead atoms. The Bertz CT molecular complexity index is 150. The van der Waals surface area contributed by atoms with E-state index in [-0.39, 0.29) is 12.0 Å². The lowest BCUT2D eigenvalue weighted by molar-refractivity contribution is -0.146. The van der Waals surface area contributed by atoms with E-state index in [0.717, 1.165) is 13.0 Å². The third kappa shape index (κ3) is 5.94. The van der Waals surface area contributed by atoms with E-state index in [9.17, 15) is 4.79 Å². The molecule has 0 aromatic carbocycles. The third-order valence-corrected chi connectivity index (χ3v) is 1.82. The van der Waals surface area contributed by atoms with Gasteiger partial charge in [-0.1, -0.05) is 6.92 Å². The zero-order chi connectivity index (χ0) is 10.8. The minimum Gasteiger partial charge on any atom is -0.465 e. The Balaban J connectivity index is 3.62. The summed E-state index contributed by atoms with van der Waals surface area (Å²) >= 11 is 0. The first-order valence-corrected chi connectivity index (χ1v) is 5.17. The van der Waals surface area contributed by atoms with Crippen LogP contribution in [0.25, 0.3) is 0 Å². The lowest BCUT2D eigenvalue weighted by atomic mass is 10.2. The average Bonchev–Trinajstić information content (AvgIpc) is 2.18. The van der Waals surface area contributed by atoms with E-state index in [0.29, 0.717) is 19.6 Å². The Morgan fingerprint density at radius 2 is 2.07 bits per heavy atom. The zero-order valence-electron chi connectivity index (χ0n) is 9.34. The topological polar surface area (TPSA) is 47.6 Å². The van der Waals surface area contributed by atoms with Crippen molar-refractivity contribution in [3.05, 3.63) is 0 Å². The van der Waals surface area contributed by atoms with Gasteiger partial charge >= 0.3 is 5.97 Å². The normalized spacial score (nSPS) is 12.5. The predicted molar refractivity (Wildman–Crippen MR) is 55.2 cm³/mol. The van der Waals surface area contributed by atoms with Crippen LogP contribution in [-0.2, 0) is 14.3 Å². The maximum Gasteiger partial charge on any atom is 0.323 e. The largest absolute Gasteiger partial charge is 0.465 e. The molecule has 0 amide bonds. The maximum atomic E-state index is 11.3. The van der Waals surface area contributed by atoms with Gasteiger partial charge in [0.1, 0.15) is 6.04 Å². The first kappa shape index (κ1) is 13.4. The fourth-order valence-corrected chi connectivity index (χ4v) is 1.07. The molecule has 14 heavy (non-hydrogen) atoms. The van der Waals surface area contributed by atoms with Crippen molar-refractivity contribution < 1.29 is 14.3 Å². The van der Waals surface area contributed by atoms with Crippen molar-refractivity contribution in [1.82, 2.24) is 5.32 Å². The van der Waals surface area contributed by atoms with Gasteiger partial charge in [-0.3, -0.25) is 4.79 Å². The number of hydrogen-bond donors (Lipinski definition) is 1. The summed E-state index contributed by atoms with van der Waals surface area (Å²) in [5, 5.41) is 2.91. The third-order valence-electron chi connectivity index (χ3n) is 1.82. The van der Waals surface area contributed by atoms with Crippen LogP contribution >= 0.6 is 0 Å². The van der Waals surface area contributed by atoms with E-state index in [1.807, 2.05) is 0 Å². The van der Waals surface area contributed by atoms with Crippen molar-refractivity contribution in [2.75, 3.05) is 26.9 Å². The van der Waals surface area contributed by atoms with Crippen molar-refractivity contribution in [3.63, 3.8) is 0 Å². The lowest BCUT2D eigenvalue weighted by Gasteiger charge is -2.14. The van der Waals surface area contributed by atoms with Crippen molar-refractivity contribution in [3.8, 4) is 0 Å². The van der Waals surface area contributed by atoms with Crippen molar-refractivity contribution in [1.29, 1.82) is 0 Å². The number of nitrogens with one attached hydrogen (secondary N) is 1. The summed E-state index contributed by atoms with van der Waals surface area (Å²) in [5.74, 6) is -0.199. The Morgan fingerprint density at radius 1 is 1.36 bits per heavy atom. The molecule has 0 spiro atoms. The van der Waals surface area contributed by atoms with Crippen molar-refractivity contribution in [2.24, 2.45) is 0 Å². The minimum absolute atomic E-state index is 0.199. The van der Waals surface area contributed by atoms with Gasteiger partial charge in [0.05, 0.1) is 6.61 Å². The molecule has 0 aliphatic carbocycles. The summed E-state index contributed by atoms with van der Waals surface area (Å²) in [6.45, 7) is 5.63. The lowest BCUT2D eigenvalue weighted by Crippen LogP contribution is -2.36. The standard InChI is InChI=1S/C10H21NO3/c1-4-7-13-8-6-9(11-3)10(12)14-5-2/h9,11H,4-8H2,1-3H3. The second-order valence-electron chi connectivity index (χ2n) is 2.99. The van der Waals surface area contributed by atoms with Gasteiger partial charge < -0.3 is 14.8 Å². The Labute approximate surface area is 86.0 Å². The van der Waals surface area contributed by atoms with E-state index in [1.54, 1.807) is 14.0 Å². The molecule has 0 fully saturated rings. The molecule has 1 atom stereocenters. The maximum absolute atomic E-state index is 11.3. The second kappa shape index (κ2) is 8.97. The molecular weight excluding hydrogens is 182 g/mol. The molecule has 84 valence electrons. The van der Waals surface area contributed by atoms with Gasteiger partial charge in [-0.05, 0) is 26.8 Å². The number of likely N-dealkylation sites (N-methyl/N-ethyl adjacent to an activating group) is 1. The van der Waals surface area contributed by atoms with Crippen LogP contribution in [0.3, 0.4) is 0 Å². The monoisotopic (exact) mass is 203 g/mol. The highest BCUT2D eigenvalue weighted by molar-refractivity contribution is 5.75. The van der Waals surface area contributed by atoms with Crippen LogP contribution < -0.4 is 5.32 Å². The molecule has 0 rings (SSSR count). The summed E-state index contributed by atoms with van der Waals surface area (Å²) in [5.41, 5.74) is 0. The molecule has 0 aliphatic rings. The van der Waals surface area contributed by atoms with E-state index in [1.165, 1.54) is 0 Å². The molecule has 0 aliphatic heterocycles. The van der Waals surface area contributed by atoms with E-state index >= 15 is 0 Å². The highest BCUT2D eigenvalue weighted by Crippen LogP contribution is 1.96. The molecule has 0 aromatic rings. The molecule has 0 radical (unpaired) electrons. The Hall–Kier alpha value is -0.610. The summed E-state index contributed by atoms with van der Waals surface area (Å²) in [4.78, 5) is 11.3. The quantitative estimate of drug-likeness (QED) is 0.471. The fraction of sp³-hybridized carbons (Fsp3) is 0.900. The molecule has 0 heterocycles. The summed E-state index contributed by atoms with van der Waals surface area (Å²) in [6, 6.07) is -0.244. The van der Waals surface area contributed by atoms with Gasteiger partial charge in [0.2, 0.25) is 0 Å². The Morgan fingerprint density at radius 3 is 2.57 bits per heavy atom. The van der Waals surface area contributed by atoms with Gasteiger partial charge in [0.25, 0.3) is 0 Å². The minimum atomic E-state index is -0.244. The Kier molecular flexibility index (Phi) is 8.57. The average molecular weight is 203 g/mol. The highest BCUT2D eigenvalue weighted by atomic mass is 16.5. The summed E-state index contributed by atoms with van der Waals surface area (Å²) < 4.78 is 10.2. The first-order chi connectivity index (χ1) is 6.76. The van der Waals surface area contributed by atoms with E-state index in [2.05, 4.69) is 12.2 Å². The smallest absolute Gasteiger partial charge is 0.323 e. The molecule has 4 nitrogen and oxygen atoms in total. The molecule has 0 saturated carbocycles. The van der Waals surface area contributed by atoms with Crippen molar-refractivity contribution >= 4 is 5.97 Å². The van der Waals surface area contributed by atoms with E-state index in [4.69, 9.17) is 9.47 Å². The highest BCUT2D eigenvalue weighted by Gasteiger charge is 2.16. The number of carbonyl (C=O) groups excluding carboxylic acids is 1. The van der Waals surface area contributed by atoms with Crippen molar-refractivity contribution in [2.45, 2.75) is 32.7 Å². The van der Waals surface area contributed by atoms with Crippen LogP contribution in [0.1, 0.15) is 26.7 Å². The number of hydrogen-bond acceptors (Lipinski definition) is 4. The number of esters is 1. The molecule has 0 saturated heterocycles. The second-order valence-corrected chi connectivity index (χ2v) is 2.99. The van der Waals surface area contributed by atoms with Crippen LogP contribution in [0.5, 0.6) is 0 Å². The van der Waals surface area contributed by atoms with Gasteiger partial charge in [0, 0.05) is 13.2 Å². The molecular formula is C10H21NO3. The van der Waals surface area contributed by atoms with Crippen LogP contribution in [0.2, 0.25) is 0 Å². The number of ether oxygens (including phenoxy) is 2. The zero-order valence-corrected chi connectivity index (χ0v) is 9.34. The van der Waals surface area contributed by atoms with Crippen LogP contribution in [0.15, 0.2) is 0 Å². The fourth-order valence-electron chi connectivity index (χ4n) is 1.07. The molecule has 0 aromatic heterocycles. The van der Waals surface area contributed by atoms with Gasteiger partial charge in [-0.15, -0.1) is 0 Å². The first-order valence-electron chi connectivity index (χ1n) is 5.17. The predicted octanol–water partition coefficient (Wildman–Crippen LogP) is 0.954. The molecule has 4 heteroatoms. The number of carbonyl (C=O) groups is 1. The van der Waals surface area contributed by atoms with Gasteiger partial charge in [0.15, 0.2) is 0 Å². The molecule has 1 unspecified atom stereocenters.